The van der Waals surface area contributed by atoms with E-state index in [0.717, 1.165) is 34.3 Å². The van der Waals surface area contributed by atoms with Gasteiger partial charge in [0.1, 0.15) is 10.8 Å². The third kappa shape index (κ3) is 4.19. The molecule has 3 aromatic heterocycles. The number of fused-ring (bicyclic) bond motifs is 1. The second-order valence-electron chi connectivity index (χ2n) is 7.94. The third-order valence-electron chi connectivity index (χ3n) is 6.02. The SMILES string of the molecule is O=C(NCc1ccco1)C1CCN(C(=O)c2c(-n3cccc3)sc3c2CCSC3)CC1. The van der Waals surface area contributed by atoms with Crippen LogP contribution < -0.4 is 5.32 Å². The molecule has 0 bridgehead atoms. The molecule has 31 heavy (non-hydrogen) atoms. The molecule has 0 radical (unpaired) electrons. The van der Waals surface area contributed by atoms with Gasteiger partial charge >= 0.3 is 0 Å². The van der Waals surface area contributed by atoms with Gasteiger partial charge in [-0.05, 0) is 54.8 Å². The molecule has 5 heterocycles. The molecule has 162 valence electrons. The van der Waals surface area contributed by atoms with Gasteiger partial charge in [-0.25, -0.2) is 0 Å². The lowest BCUT2D eigenvalue weighted by molar-refractivity contribution is -0.126. The van der Waals surface area contributed by atoms with Crippen LogP contribution in [0, 0.1) is 5.92 Å². The smallest absolute Gasteiger partial charge is 0.257 e. The first-order chi connectivity index (χ1) is 15.2. The van der Waals surface area contributed by atoms with Crippen molar-refractivity contribution in [1.29, 1.82) is 0 Å². The second kappa shape index (κ2) is 8.96. The number of carbonyl (C=O) groups is 2. The molecule has 5 rings (SSSR count). The molecular weight excluding hydrogens is 430 g/mol. The molecule has 0 unspecified atom stereocenters. The molecule has 6 nitrogen and oxygen atoms in total. The number of likely N-dealkylation sites (tertiary alicyclic amines) is 1. The van der Waals surface area contributed by atoms with E-state index in [0.29, 0.717) is 32.5 Å². The number of rotatable bonds is 5. The Morgan fingerprint density at radius 2 is 1.97 bits per heavy atom. The van der Waals surface area contributed by atoms with E-state index < -0.39 is 0 Å². The van der Waals surface area contributed by atoms with Gasteiger partial charge in [-0.15, -0.1) is 11.3 Å². The Labute approximate surface area is 189 Å². The van der Waals surface area contributed by atoms with Crippen molar-refractivity contribution in [2.45, 2.75) is 31.6 Å². The Hall–Kier alpha value is -2.45. The summed E-state index contributed by atoms with van der Waals surface area (Å²) in [5.74, 6) is 2.89. The molecule has 3 aromatic rings. The van der Waals surface area contributed by atoms with E-state index in [1.54, 1.807) is 17.6 Å². The van der Waals surface area contributed by atoms with Crippen molar-refractivity contribution in [3.05, 3.63) is 64.7 Å². The van der Waals surface area contributed by atoms with Crippen molar-refractivity contribution in [3.8, 4) is 5.00 Å². The van der Waals surface area contributed by atoms with Crippen molar-refractivity contribution in [1.82, 2.24) is 14.8 Å². The monoisotopic (exact) mass is 455 g/mol. The third-order valence-corrected chi connectivity index (χ3v) is 8.44. The Morgan fingerprint density at radius 1 is 1.16 bits per heavy atom. The molecule has 1 N–H and O–H groups in total. The van der Waals surface area contributed by atoms with Gasteiger partial charge in [0, 0.05) is 42.0 Å². The Balaban J connectivity index is 1.27. The summed E-state index contributed by atoms with van der Waals surface area (Å²) in [5.41, 5.74) is 2.10. The average Bonchev–Trinajstić information content (AvgIpc) is 3.57. The number of hydrogen-bond donors (Lipinski definition) is 1. The fraction of sp³-hybridized carbons (Fsp3) is 0.391. The number of thiophene rings is 1. The normalized spacial score (nSPS) is 16.8. The average molecular weight is 456 g/mol. The Bertz CT molecular complexity index is 1050. The van der Waals surface area contributed by atoms with E-state index >= 15 is 0 Å². The molecule has 0 aromatic carbocycles. The van der Waals surface area contributed by atoms with Crippen molar-refractivity contribution in [2.75, 3.05) is 18.8 Å². The predicted octanol–water partition coefficient (Wildman–Crippen LogP) is 4.09. The van der Waals surface area contributed by atoms with Crippen LogP contribution in [0.15, 0.2) is 47.3 Å². The number of hydrogen-bond acceptors (Lipinski definition) is 5. The van der Waals surface area contributed by atoms with E-state index in [4.69, 9.17) is 4.42 Å². The molecule has 0 saturated carbocycles. The van der Waals surface area contributed by atoms with Gasteiger partial charge in [-0.1, -0.05) is 0 Å². The van der Waals surface area contributed by atoms with Crippen LogP contribution >= 0.6 is 23.1 Å². The molecular formula is C23H25N3O3S2. The Morgan fingerprint density at radius 3 is 2.71 bits per heavy atom. The molecule has 0 aliphatic carbocycles. The zero-order valence-electron chi connectivity index (χ0n) is 17.2. The highest BCUT2D eigenvalue weighted by molar-refractivity contribution is 7.98. The van der Waals surface area contributed by atoms with Gasteiger partial charge < -0.3 is 19.2 Å². The summed E-state index contributed by atoms with van der Waals surface area (Å²) < 4.78 is 7.34. The summed E-state index contributed by atoms with van der Waals surface area (Å²) in [6.07, 6.45) is 7.96. The highest BCUT2D eigenvalue weighted by Crippen LogP contribution is 2.39. The van der Waals surface area contributed by atoms with Crippen molar-refractivity contribution < 1.29 is 14.0 Å². The molecule has 2 aliphatic heterocycles. The highest BCUT2D eigenvalue weighted by atomic mass is 32.2. The first-order valence-electron chi connectivity index (χ1n) is 10.7. The van der Waals surface area contributed by atoms with Crippen molar-refractivity contribution >= 4 is 34.9 Å². The van der Waals surface area contributed by atoms with Crippen LogP contribution in [0.3, 0.4) is 0 Å². The fourth-order valence-electron chi connectivity index (χ4n) is 4.32. The van der Waals surface area contributed by atoms with Gasteiger partial charge in [0.15, 0.2) is 0 Å². The second-order valence-corrected chi connectivity index (χ2v) is 10.1. The lowest BCUT2D eigenvalue weighted by Gasteiger charge is -2.32. The van der Waals surface area contributed by atoms with Crippen LogP contribution in [-0.2, 0) is 23.5 Å². The van der Waals surface area contributed by atoms with Crippen LogP contribution in [0.5, 0.6) is 0 Å². The molecule has 0 atom stereocenters. The highest BCUT2D eigenvalue weighted by Gasteiger charge is 2.32. The lowest BCUT2D eigenvalue weighted by atomic mass is 9.95. The van der Waals surface area contributed by atoms with E-state index in [2.05, 4.69) is 9.88 Å². The van der Waals surface area contributed by atoms with Gasteiger partial charge in [0.25, 0.3) is 5.91 Å². The molecule has 1 fully saturated rings. The molecule has 2 amide bonds. The number of aromatic nitrogens is 1. The minimum atomic E-state index is -0.0595. The minimum absolute atomic E-state index is 0.0430. The summed E-state index contributed by atoms with van der Waals surface area (Å²) in [7, 11) is 0. The first kappa shape index (κ1) is 20.5. The number of piperidine rings is 1. The number of thioether (sulfide) groups is 1. The van der Waals surface area contributed by atoms with E-state index in [1.165, 1.54) is 10.4 Å². The maximum absolute atomic E-state index is 13.6. The summed E-state index contributed by atoms with van der Waals surface area (Å²) in [6.45, 7) is 1.63. The lowest BCUT2D eigenvalue weighted by Crippen LogP contribution is -2.43. The number of amides is 2. The van der Waals surface area contributed by atoms with Crippen LogP contribution in [0.25, 0.3) is 5.00 Å². The summed E-state index contributed by atoms with van der Waals surface area (Å²) in [6, 6.07) is 7.66. The topological polar surface area (TPSA) is 67.5 Å². The molecule has 1 saturated heterocycles. The van der Waals surface area contributed by atoms with Gasteiger partial charge in [-0.3, -0.25) is 9.59 Å². The van der Waals surface area contributed by atoms with Crippen LogP contribution in [0.4, 0.5) is 0 Å². The zero-order valence-corrected chi connectivity index (χ0v) is 18.8. The summed E-state index contributed by atoms with van der Waals surface area (Å²) in [5, 5.41) is 3.98. The van der Waals surface area contributed by atoms with Crippen molar-refractivity contribution in [3.63, 3.8) is 0 Å². The largest absolute Gasteiger partial charge is 0.467 e. The summed E-state index contributed by atoms with van der Waals surface area (Å²) >= 11 is 3.68. The maximum Gasteiger partial charge on any atom is 0.257 e. The summed E-state index contributed by atoms with van der Waals surface area (Å²) in [4.78, 5) is 29.4. The number of carbonyl (C=O) groups excluding carboxylic acids is 2. The number of nitrogens with one attached hydrogen (secondary N) is 1. The maximum atomic E-state index is 13.6. The van der Waals surface area contributed by atoms with Gasteiger partial charge in [0.05, 0.1) is 18.4 Å². The number of furan rings is 1. The van der Waals surface area contributed by atoms with E-state index in [-0.39, 0.29) is 17.7 Å². The predicted molar refractivity (Wildman–Crippen MR) is 123 cm³/mol. The molecule has 8 heteroatoms. The molecule has 2 aliphatic rings. The van der Waals surface area contributed by atoms with Gasteiger partial charge in [0.2, 0.25) is 5.91 Å². The Kier molecular flexibility index (Phi) is 5.91. The standard InChI is InChI=1S/C23H25N3O3S2/c27-21(24-14-17-4-3-12-29-17)16-5-10-25(11-6-16)22(28)20-18-7-13-30-15-19(18)31-23(20)26-8-1-2-9-26/h1-4,8-9,12,16H,5-7,10-11,13-15H2,(H,24,27). The van der Waals surface area contributed by atoms with Crippen LogP contribution in [0.1, 0.15) is 39.4 Å². The van der Waals surface area contributed by atoms with E-state index in [9.17, 15) is 9.59 Å². The molecule has 0 spiro atoms. The van der Waals surface area contributed by atoms with Crippen molar-refractivity contribution in [2.24, 2.45) is 5.92 Å². The number of nitrogens with zero attached hydrogens (tertiary/aromatic N) is 2. The van der Waals surface area contributed by atoms with E-state index in [1.807, 2.05) is 53.3 Å². The van der Waals surface area contributed by atoms with Gasteiger partial charge in [-0.2, -0.15) is 11.8 Å². The first-order valence-corrected chi connectivity index (χ1v) is 12.6. The van der Waals surface area contributed by atoms with Crippen LogP contribution in [0.2, 0.25) is 0 Å². The van der Waals surface area contributed by atoms with Crippen LogP contribution in [-0.4, -0.2) is 40.1 Å². The fourth-order valence-corrected chi connectivity index (χ4v) is 6.76. The zero-order chi connectivity index (χ0) is 21.2. The minimum Gasteiger partial charge on any atom is -0.467 e. The quantitative estimate of drug-likeness (QED) is 0.629.